The monoisotopic (exact) mass is 502 g/mol. The molecule has 1 aromatic carbocycles. The summed E-state index contributed by atoms with van der Waals surface area (Å²) in [7, 11) is 0. The van der Waals surface area contributed by atoms with Gasteiger partial charge in [0.25, 0.3) is 0 Å². The van der Waals surface area contributed by atoms with Crippen LogP contribution < -0.4 is 10.1 Å². The second kappa shape index (κ2) is 9.59. The highest BCUT2D eigenvalue weighted by molar-refractivity contribution is 5.50. The number of aromatic nitrogens is 5. The summed E-state index contributed by atoms with van der Waals surface area (Å²) in [6.07, 6.45) is 0.209. The maximum absolute atomic E-state index is 14.5. The molecule has 3 heterocycles. The SMILES string of the molecule is Fc1c(O[C@H]2CC[C@@](Cc3cccc(Nc4cc[nH]n4)n3)(c3nnco3)CC2)cccc1C(F)(F)F. The summed E-state index contributed by atoms with van der Waals surface area (Å²) < 4.78 is 64.9. The van der Waals surface area contributed by atoms with Crippen LogP contribution in [0.3, 0.4) is 0 Å². The Morgan fingerprint density at radius 2 is 1.89 bits per heavy atom. The van der Waals surface area contributed by atoms with Crippen LogP contribution in [0, 0.1) is 5.82 Å². The Kier molecular flexibility index (Phi) is 6.33. The summed E-state index contributed by atoms with van der Waals surface area (Å²) in [4.78, 5) is 4.69. The average Bonchev–Trinajstić information content (AvgIpc) is 3.56. The minimum Gasteiger partial charge on any atom is -0.487 e. The maximum atomic E-state index is 14.5. The minimum absolute atomic E-state index is 0.404. The second-order valence-electron chi connectivity index (χ2n) is 8.73. The molecular weight excluding hydrogens is 480 g/mol. The fourth-order valence-electron chi connectivity index (χ4n) is 4.59. The lowest BCUT2D eigenvalue weighted by molar-refractivity contribution is -0.140. The van der Waals surface area contributed by atoms with E-state index >= 15 is 0 Å². The van der Waals surface area contributed by atoms with Crippen LogP contribution in [0.15, 0.2) is 59.5 Å². The summed E-state index contributed by atoms with van der Waals surface area (Å²) in [6.45, 7) is 0. The molecule has 0 atom stereocenters. The smallest absolute Gasteiger partial charge is 0.419 e. The number of rotatable bonds is 7. The second-order valence-corrected chi connectivity index (χ2v) is 8.73. The lowest BCUT2D eigenvalue weighted by Gasteiger charge is -2.37. The number of anilines is 2. The number of alkyl halides is 3. The summed E-state index contributed by atoms with van der Waals surface area (Å²) >= 11 is 0. The van der Waals surface area contributed by atoms with E-state index in [0.29, 0.717) is 55.7 Å². The van der Waals surface area contributed by atoms with Crippen molar-refractivity contribution < 1.29 is 26.7 Å². The van der Waals surface area contributed by atoms with Crippen LogP contribution in [-0.4, -0.2) is 31.5 Å². The van der Waals surface area contributed by atoms with Gasteiger partial charge in [0, 0.05) is 24.4 Å². The van der Waals surface area contributed by atoms with E-state index in [-0.39, 0.29) is 0 Å². The highest BCUT2D eigenvalue weighted by Gasteiger charge is 2.42. The molecule has 1 saturated carbocycles. The highest BCUT2D eigenvalue weighted by atomic mass is 19.4. The fraction of sp³-hybridized carbons (Fsp3) is 0.333. The molecule has 0 amide bonds. The van der Waals surface area contributed by atoms with Gasteiger partial charge in [0.05, 0.1) is 17.1 Å². The molecule has 4 aromatic rings. The van der Waals surface area contributed by atoms with Crippen LogP contribution in [0.25, 0.3) is 0 Å². The standard InChI is InChI=1S/C24H22F4N6O2/c25-21-17(24(26,27)28)4-2-5-18(21)36-16-7-10-23(11-8-16,22-34-30-14-35-22)13-15-3-1-6-19(31-15)32-20-9-12-29-33-20/h1-6,9,12,14,16H,7-8,10-11,13H2,(H2,29,31,32,33)/t16-,23+. The van der Waals surface area contributed by atoms with Crippen molar-refractivity contribution in [2.24, 2.45) is 0 Å². The third kappa shape index (κ3) is 5.02. The number of hydrogen-bond donors (Lipinski definition) is 2. The zero-order valence-electron chi connectivity index (χ0n) is 18.9. The first kappa shape index (κ1) is 23.8. The number of nitrogens with zero attached hydrogens (tertiary/aromatic N) is 4. The predicted octanol–water partition coefficient (Wildman–Crippen LogP) is 5.59. The first-order valence-corrected chi connectivity index (χ1v) is 11.3. The number of ether oxygens (including phenoxy) is 1. The number of nitrogens with one attached hydrogen (secondary N) is 2. The van der Waals surface area contributed by atoms with Crippen molar-refractivity contribution in [3.05, 3.63) is 78.0 Å². The van der Waals surface area contributed by atoms with E-state index in [1.54, 1.807) is 12.3 Å². The Hall–Kier alpha value is -3.96. The molecule has 188 valence electrons. The minimum atomic E-state index is -4.79. The average molecular weight is 502 g/mol. The summed E-state index contributed by atoms with van der Waals surface area (Å²) in [5, 5.41) is 17.9. The van der Waals surface area contributed by atoms with Gasteiger partial charge in [-0.15, -0.1) is 10.2 Å². The van der Waals surface area contributed by atoms with E-state index in [1.807, 2.05) is 18.2 Å². The molecule has 0 saturated heterocycles. The van der Waals surface area contributed by atoms with Crippen molar-refractivity contribution in [3.8, 4) is 5.75 Å². The molecule has 0 radical (unpaired) electrons. The maximum Gasteiger partial charge on any atom is 0.419 e. The molecule has 0 unspecified atom stereocenters. The molecule has 5 rings (SSSR count). The number of aromatic amines is 1. The Morgan fingerprint density at radius 3 is 2.58 bits per heavy atom. The van der Waals surface area contributed by atoms with Crippen molar-refractivity contribution in [1.82, 2.24) is 25.4 Å². The summed E-state index contributed by atoms with van der Waals surface area (Å²) in [5.41, 5.74) is -1.09. The van der Waals surface area contributed by atoms with Gasteiger partial charge in [-0.2, -0.15) is 18.3 Å². The van der Waals surface area contributed by atoms with Crippen molar-refractivity contribution in [2.75, 3.05) is 5.32 Å². The van der Waals surface area contributed by atoms with Gasteiger partial charge in [0.2, 0.25) is 12.3 Å². The van der Waals surface area contributed by atoms with Gasteiger partial charge in [0.15, 0.2) is 17.4 Å². The van der Waals surface area contributed by atoms with Crippen LogP contribution in [0.4, 0.5) is 29.2 Å². The number of H-pyrrole nitrogens is 1. The normalized spacial score (nSPS) is 20.3. The summed E-state index contributed by atoms with van der Waals surface area (Å²) in [6, 6.07) is 10.4. The van der Waals surface area contributed by atoms with Crippen molar-refractivity contribution in [1.29, 1.82) is 0 Å². The van der Waals surface area contributed by atoms with Gasteiger partial charge in [-0.05, 0) is 49.9 Å². The van der Waals surface area contributed by atoms with E-state index in [2.05, 4.69) is 30.7 Å². The van der Waals surface area contributed by atoms with E-state index in [0.717, 1.165) is 11.8 Å². The topological polar surface area (TPSA) is 102 Å². The van der Waals surface area contributed by atoms with Crippen LogP contribution >= 0.6 is 0 Å². The number of hydrogen-bond acceptors (Lipinski definition) is 7. The van der Waals surface area contributed by atoms with Crippen LogP contribution in [0.1, 0.15) is 42.8 Å². The molecule has 3 aromatic heterocycles. The molecule has 12 heteroatoms. The van der Waals surface area contributed by atoms with Gasteiger partial charge in [0.1, 0.15) is 5.82 Å². The zero-order chi connectivity index (χ0) is 25.2. The van der Waals surface area contributed by atoms with Crippen LogP contribution in [-0.2, 0) is 18.0 Å². The predicted molar refractivity (Wildman–Crippen MR) is 120 cm³/mol. The van der Waals surface area contributed by atoms with Crippen LogP contribution in [0.2, 0.25) is 0 Å². The van der Waals surface area contributed by atoms with E-state index < -0.39 is 34.8 Å². The van der Waals surface area contributed by atoms with Crippen molar-refractivity contribution in [3.63, 3.8) is 0 Å². The molecule has 0 spiro atoms. The highest BCUT2D eigenvalue weighted by Crippen LogP contribution is 2.43. The fourth-order valence-corrected chi connectivity index (χ4v) is 4.59. The van der Waals surface area contributed by atoms with Gasteiger partial charge in [-0.25, -0.2) is 9.37 Å². The molecule has 36 heavy (non-hydrogen) atoms. The van der Waals surface area contributed by atoms with Crippen molar-refractivity contribution in [2.45, 2.75) is 49.8 Å². The van der Waals surface area contributed by atoms with Gasteiger partial charge in [-0.1, -0.05) is 12.1 Å². The Morgan fingerprint density at radius 1 is 1.08 bits per heavy atom. The zero-order valence-corrected chi connectivity index (χ0v) is 18.9. The first-order valence-electron chi connectivity index (χ1n) is 11.3. The van der Waals surface area contributed by atoms with Gasteiger partial charge < -0.3 is 14.5 Å². The van der Waals surface area contributed by atoms with E-state index in [1.165, 1.54) is 12.5 Å². The number of benzene rings is 1. The Bertz CT molecular complexity index is 1290. The lowest BCUT2D eigenvalue weighted by Crippen LogP contribution is -2.38. The third-order valence-electron chi connectivity index (χ3n) is 6.35. The quantitative estimate of drug-likeness (QED) is 0.318. The molecule has 1 aliphatic carbocycles. The molecule has 0 aliphatic heterocycles. The number of pyridine rings is 1. The molecule has 2 N–H and O–H groups in total. The lowest BCUT2D eigenvalue weighted by atomic mass is 9.70. The van der Waals surface area contributed by atoms with Gasteiger partial charge in [-0.3, -0.25) is 5.10 Å². The van der Waals surface area contributed by atoms with E-state index in [4.69, 9.17) is 9.15 Å². The van der Waals surface area contributed by atoms with E-state index in [9.17, 15) is 17.6 Å². The molecular formula is C24H22F4N6O2. The number of halogens is 4. The Balaban J connectivity index is 1.32. The molecule has 8 nitrogen and oxygen atoms in total. The first-order chi connectivity index (χ1) is 17.3. The largest absolute Gasteiger partial charge is 0.487 e. The third-order valence-corrected chi connectivity index (χ3v) is 6.35. The van der Waals surface area contributed by atoms with Crippen molar-refractivity contribution >= 4 is 11.6 Å². The molecule has 1 aliphatic rings. The van der Waals surface area contributed by atoms with Crippen LogP contribution in [0.5, 0.6) is 5.75 Å². The van der Waals surface area contributed by atoms with Gasteiger partial charge >= 0.3 is 6.18 Å². The Labute approximate surface area is 203 Å². The molecule has 1 fully saturated rings. The summed E-state index contributed by atoms with van der Waals surface area (Å²) in [5.74, 6) is -0.0928. The molecule has 0 bridgehead atoms.